The normalized spacial score (nSPS) is 11.4. The molecule has 1 aromatic rings. The van der Waals surface area contributed by atoms with Gasteiger partial charge in [0.2, 0.25) is 0 Å². The number of halogens is 1. The topological polar surface area (TPSA) is 59.3 Å². The molecule has 15 heavy (non-hydrogen) atoms. The van der Waals surface area contributed by atoms with E-state index in [9.17, 15) is 9.59 Å². The number of nitrogens with zero attached hydrogens (tertiary/aromatic N) is 1. The Morgan fingerprint density at radius 3 is 2.67 bits per heavy atom. The van der Waals surface area contributed by atoms with Gasteiger partial charge in [0.15, 0.2) is 0 Å². The quantitative estimate of drug-likeness (QED) is 0.857. The number of carbonyl (C=O) groups is 1. The third kappa shape index (κ3) is 2.83. The predicted octanol–water partition coefficient (Wildman–Crippen LogP) is 1.61. The predicted molar refractivity (Wildman–Crippen MR) is 57.1 cm³/mol. The third-order valence-corrected chi connectivity index (χ3v) is 2.32. The number of hydrogen-bond acceptors (Lipinski definition) is 2. The molecule has 1 N–H and O–H groups in total. The third-order valence-electron chi connectivity index (χ3n) is 2.09. The molecule has 0 aliphatic carbocycles. The Labute approximate surface area is 92.1 Å². The van der Waals surface area contributed by atoms with Crippen LogP contribution in [0.2, 0.25) is 5.02 Å². The minimum absolute atomic E-state index is 0.0989. The van der Waals surface area contributed by atoms with Crippen LogP contribution >= 0.6 is 11.6 Å². The van der Waals surface area contributed by atoms with Crippen molar-refractivity contribution in [2.45, 2.75) is 20.4 Å². The van der Waals surface area contributed by atoms with Crippen molar-refractivity contribution in [3.63, 3.8) is 0 Å². The average Bonchev–Trinajstić information content (AvgIpc) is 2.10. The van der Waals surface area contributed by atoms with E-state index in [1.807, 2.05) is 0 Å². The molecular weight excluding hydrogens is 218 g/mol. The number of aromatic nitrogens is 1. The van der Waals surface area contributed by atoms with E-state index in [4.69, 9.17) is 16.7 Å². The first-order valence-electron chi connectivity index (χ1n) is 4.42. The molecule has 0 aliphatic rings. The molecular formula is C10H12ClNO3. The zero-order valence-corrected chi connectivity index (χ0v) is 9.28. The highest BCUT2D eigenvalue weighted by atomic mass is 35.5. The summed E-state index contributed by atoms with van der Waals surface area (Å²) in [7, 11) is 0. The molecule has 1 aromatic heterocycles. The maximum atomic E-state index is 11.4. The number of pyridine rings is 1. The lowest BCUT2D eigenvalue weighted by molar-refractivity contribution is -0.147. The maximum absolute atomic E-state index is 11.4. The summed E-state index contributed by atoms with van der Waals surface area (Å²) in [5, 5.41) is 9.33. The fraction of sp³-hybridized carbons (Fsp3) is 0.400. The van der Waals surface area contributed by atoms with E-state index >= 15 is 0 Å². The van der Waals surface area contributed by atoms with Crippen molar-refractivity contribution in [3.05, 3.63) is 33.7 Å². The second-order valence-electron chi connectivity index (χ2n) is 4.00. The Kier molecular flexibility index (Phi) is 3.19. The molecule has 1 heterocycles. The summed E-state index contributed by atoms with van der Waals surface area (Å²) in [5.41, 5.74) is -1.25. The van der Waals surface area contributed by atoms with E-state index < -0.39 is 11.4 Å². The van der Waals surface area contributed by atoms with Crippen molar-refractivity contribution in [1.82, 2.24) is 4.57 Å². The number of aliphatic carboxylic acids is 1. The molecule has 4 nitrogen and oxygen atoms in total. The van der Waals surface area contributed by atoms with Gasteiger partial charge < -0.3 is 9.67 Å². The van der Waals surface area contributed by atoms with Crippen LogP contribution in [-0.2, 0) is 11.3 Å². The smallest absolute Gasteiger partial charge is 0.310 e. The van der Waals surface area contributed by atoms with Gasteiger partial charge in [-0.3, -0.25) is 9.59 Å². The molecule has 1 rings (SSSR count). The Balaban J connectivity index is 3.04. The number of hydrogen-bond donors (Lipinski definition) is 1. The molecule has 0 atom stereocenters. The van der Waals surface area contributed by atoms with Gasteiger partial charge in [0, 0.05) is 18.8 Å². The van der Waals surface area contributed by atoms with Crippen LogP contribution in [0.4, 0.5) is 0 Å². The summed E-state index contributed by atoms with van der Waals surface area (Å²) in [6.45, 7) is 3.22. The van der Waals surface area contributed by atoms with Crippen molar-refractivity contribution in [1.29, 1.82) is 0 Å². The Hall–Kier alpha value is -1.29. The molecule has 0 saturated heterocycles. The Morgan fingerprint density at radius 1 is 1.53 bits per heavy atom. The van der Waals surface area contributed by atoms with Gasteiger partial charge in [-0.1, -0.05) is 11.6 Å². The lowest BCUT2D eigenvalue weighted by atomic mass is 9.94. The van der Waals surface area contributed by atoms with Crippen molar-refractivity contribution in [2.24, 2.45) is 5.41 Å². The highest BCUT2D eigenvalue weighted by molar-refractivity contribution is 6.30. The van der Waals surface area contributed by atoms with Crippen LogP contribution in [0.1, 0.15) is 13.8 Å². The van der Waals surface area contributed by atoms with E-state index in [1.54, 1.807) is 13.8 Å². The highest BCUT2D eigenvalue weighted by Gasteiger charge is 2.27. The summed E-state index contributed by atoms with van der Waals surface area (Å²) < 4.78 is 1.30. The Bertz CT molecular complexity index is 437. The van der Waals surface area contributed by atoms with Crippen molar-refractivity contribution < 1.29 is 9.90 Å². The molecule has 82 valence electrons. The standard InChI is InChI=1S/C10H12ClNO3/c1-10(2,9(14)15)6-12-5-7(11)3-4-8(12)13/h3-5H,6H2,1-2H3,(H,14,15). The first-order chi connectivity index (χ1) is 6.83. The average molecular weight is 230 g/mol. The van der Waals surface area contributed by atoms with Crippen LogP contribution in [-0.4, -0.2) is 15.6 Å². The molecule has 0 radical (unpaired) electrons. The molecule has 0 bridgehead atoms. The molecule has 0 spiro atoms. The summed E-state index contributed by atoms with van der Waals surface area (Å²) in [4.78, 5) is 22.3. The number of carboxylic acid groups (broad SMARTS) is 1. The molecule has 5 heteroatoms. The van der Waals surface area contributed by atoms with E-state index in [0.29, 0.717) is 5.02 Å². The van der Waals surface area contributed by atoms with Gasteiger partial charge in [-0.15, -0.1) is 0 Å². The summed E-state index contributed by atoms with van der Waals surface area (Å²) in [5.74, 6) is -0.950. The molecule has 0 fully saturated rings. The fourth-order valence-corrected chi connectivity index (χ4v) is 1.30. The minimum Gasteiger partial charge on any atom is -0.481 e. The first kappa shape index (κ1) is 11.8. The monoisotopic (exact) mass is 229 g/mol. The second kappa shape index (κ2) is 4.06. The van der Waals surface area contributed by atoms with E-state index in [-0.39, 0.29) is 12.1 Å². The van der Waals surface area contributed by atoms with Gasteiger partial charge in [0.25, 0.3) is 5.56 Å². The maximum Gasteiger partial charge on any atom is 0.310 e. The second-order valence-corrected chi connectivity index (χ2v) is 4.44. The zero-order valence-electron chi connectivity index (χ0n) is 8.53. The van der Waals surface area contributed by atoms with Gasteiger partial charge in [0.1, 0.15) is 0 Å². The van der Waals surface area contributed by atoms with Crippen LogP contribution in [0, 0.1) is 5.41 Å². The van der Waals surface area contributed by atoms with Gasteiger partial charge in [-0.05, 0) is 19.9 Å². The highest BCUT2D eigenvalue weighted by Crippen LogP contribution is 2.17. The van der Waals surface area contributed by atoms with Crippen molar-refractivity contribution in [3.8, 4) is 0 Å². The molecule has 0 aromatic carbocycles. The van der Waals surface area contributed by atoms with E-state index in [0.717, 1.165) is 0 Å². The van der Waals surface area contributed by atoms with Gasteiger partial charge >= 0.3 is 5.97 Å². The number of rotatable bonds is 3. The molecule has 0 aliphatic heterocycles. The van der Waals surface area contributed by atoms with Crippen LogP contribution in [0.25, 0.3) is 0 Å². The summed E-state index contributed by atoms with van der Waals surface area (Å²) in [6, 6.07) is 2.80. The zero-order chi connectivity index (χ0) is 11.6. The van der Waals surface area contributed by atoms with E-state index in [2.05, 4.69) is 0 Å². The van der Waals surface area contributed by atoms with Crippen LogP contribution < -0.4 is 5.56 Å². The van der Waals surface area contributed by atoms with Crippen LogP contribution in [0.5, 0.6) is 0 Å². The lowest BCUT2D eigenvalue weighted by Gasteiger charge is -2.20. The summed E-state index contributed by atoms with van der Waals surface area (Å²) >= 11 is 5.72. The minimum atomic E-state index is -0.992. The summed E-state index contributed by atoms with van der Waals surface area (Å²) in [6.07, 6.45) is 1.44. The Morgan fingerprint density at radius 2 is 2.13 bits per heavy atom. The number of carboxylic acids is 1. The van der Waals surface area contributed by atoms with Crippen molar-refractivity contribution >= 4 is 17.6 Å². The first-order valence-corrected chi connectivity index (χ1v) is 4.80. The fourth-order valence-electron chi connectivity index (χ4n) is 1.12. The van der Waals surface area contributed by atoms with E-state index in [1.165, 1.54) is 22.9 Å². The van der Waals surface area contributed by atoms with Gasteiger partial charge in [-0.25, -0.2) is 0 Å². The van der Waals surface area contributed by atoms with Gasteiger partial charge in [0.05, 0.1) is 10.4 Å². The van der Waals surface area contributed by atoms with Gasteiger partial charge in [-0.2, -0.15) is 0 Å². The largest absolute Gasteiger partial charge is 0.481 e. The lowest BCUT2D eigenvalue weighted by Crippen LogP contribution is -2.33. The molecule has 0 saturated carbocycles. The SMILES string of the molecule is CC(C)(Cn1cc(Cl)ccc1=O)C(=O)O. The molecule has 0 unspecified atom stereocenters. The molecule has 0 amide bonds. The van der Waals surface area contributed by atoms with Crippen molar-refractivity contribution in [2.75, 3.05) is 0 Å². The van der Waals surface area contributed by atoms with Crippen LogP contribution in [0.15, 0.2) is 23.1 Å². The van der Waals surface area contributed by atoms with Crippen LogP contribution in [0.3, 0.4) is 0 Å².